The van der Waals surface area contributed by atoms with Gasteiger partial charge >= 0.3 is 6.36 Å². The van der Waals surface area contributed by atoms with Crippen LogP contribution in [0.25, 0.3) is 0 Å². The van der Waals surface area contributed by atoms with E-state index in [0.29, 0.717) is 0 Å². The van der Waals surface area contributed by atoms with Gasteiger partial charge in [-0.2, -0.15) is 0 Å². The number of carbonyl (C=O) groups excluding carboxylic acids is 1. The number of ether oxygens (including phenoxy) is 1. The predicted molar refractivity (Wildman–Crippen MR) is 93.0 cm³/mol. The number of amides is 1. The van der Waals surface area contributed by atoms with Crippen molar-refractivity contribution in [2.45, 2.75) is 31.1 Å². The van der Waals surface area contributed by atoms with Crippen molar-refractivity contribution in [2.75, 3.05) is 5.32 Å². The number of hydrogen-bond acceptors (Lipinski definition) is 4. The van der Waals surface area contributed by atoms with Gasteiger partial charge in [-0.25, -0.2) is 13.1 Å². The Bertz CT molecular complexity index is 911. The van der Waals surface area contributed by atoms with Gasteiger partial charge < -0.3 is 10.1 Å². The first-order valence-electron chi connectivity index (χ1n) is 7.76. The maximum Gasteiger partial charge on any atom is 0.573 e. The van der Waals surface area contributed by atoms with Crippen molar-refractivity contribution >= 4 is 21.6 Å². The Hall–Kier alpha value is -2.59. The van der Waals surface area contributed by atoms with Crippen molar-refractivity contribution in [1.29, 1.82) is 0 Å². The lowest BCUT2D eigenvalue weighted by Crippen LogP contribution is -2.30. The van der Waals surface area contributed by atoms with Gasteiger partial charge in [-0.05, 0) is 50.2 Å². The lowest BCUT2D eigenvalue weighted by Gasteiger charge is -2.14. The molecule has 2 aromatic carbocycles. The minimum Gasteiger partial charge on any atom is -0.404 e. The van der Waals surface area contributed by atoms with Crippen molar-refractivity contribution in [3.63, 3.8) is 0 Å². The first-order chi connectivity index (χ1) is 12.5. The third-order valence-electron chi connectivity index (χ3n) is 3.18. The Labute approximate surface area is 154 Å². The van der Waals surface area contributed by atoms with E-state index in [9.17, 15) is 26.4 Å². The van der Waals surface area contributed by atoms with Crippen molar-refractivity contribution in [3.05, 3.63) is 54.1 Å². The highest BCUT2D eigenvalue weighted by Gasteiger charge is 2.32. The molecule has 0 saturated heterocycles. The zero-order chi connectivity index (χ0) is 20.2. The molecule has 1 amide bonds. The summed E-state index contributed by atoms with van der Waals surface area (Å²) in [5, 5.41) is 2.31. The molecule has 0 heterocycles. The van der Waals surface area contributed by atoms with Crippen LogP contribution in [0, 0.1) is 0 Å². The van der Waals surface area contributed by atoms with Crippen molar-refractivity contribution in [3.8, 4) is 5.75 Å². The molecule has 2 rings (SSSR count). The van der Waals surface area contributed by atoms with Crippen LogP contribution in [0.3, 0.4) is 0 Å². The molecule has 10 heteroatoms. The van der Waals surface area contributed by atoms with Gasteiger partial charge in [-0.3, -0.25) is 4.79 Å². The average Bonchev–Trinajstić information content (AvgIpc) is 2.54. The highest BCUT2D eigenvalue weighted by atomic mass is 32.2. The van der Waals surface area contributed by atoms with Crippen LogP contribution in [0.15, 0.2) is 53.4 Å². The minimum atomic E-state index is -4.90. The highest BCUT2D eigenvalue weighted by molar-refractivity contribution is 7.89. The van der Waals surface area contributed by atoms with Crippen LogP contribution in [-0.4, -0.2) is 26.7 Å². The number of nitrogens with one attached hydrogen (secondary N) is 2. The molecule has 0 fully saturated rings. The number of benzene rings is 2. The van der Waals surface area contributed by atoms with Gasteiger partial charge in [0.25, 0.3) is 5.91 Å². The summed E-state index contributed by atoms with van der Waals surface area (Å²) in [5.41, 5.74) is -0.0988. The lowest BCUT2D eigenvalue weighted by atomic mass is 10.2. The number of rotatable bonds is 6. The maximum absolute atomic E-state index is 12.4. The molecule has 0 saturated carbocycles. The van der Waals surface area contributed by atoms with Gasteiger partial charge in [0.05, 0.1) is 10.6 Å². The molecular formula is C17H17F3N2O4S. The van der Waals surface area contributed by atoms with Crippen LogP contribution < -0.4 is 14.8 Å². The smallest absolute Gasteiger partial charge is 0.404 e. The third-order valence-corrected chi connectivity index (χ3v) is 4.85. The maximum atomic E-state index is 12.4. The van der Waals surface area contributed by atoms with E-state index in [0.717, 1.165) is 6.07 Å². The van der Waals surface area contributed by atoms with Crippen LogP contribution in [0.1, 0.15) is 24.2 Å². The monoisotopic (exact) mass is 402 g/mol. The molecule has 27 heavy (non-hydrogen) atoms. The van der Waals surface area contributed by atoms with Gasteiger partial charge in [0.1, 0.15) is 0 Å². The number of alkyl halides is 3. The topological polar surface area (TPSA) is 84.5 Å². The normalized spacial score (nSPS) is 12.1. The molecular weight excluding hydrogens is 385 g/mol. The molecule has 2 N–H and O–H groups in total. The molecule has 0 spiro atoms. The van der Waals surface area contributed by atoms with E-state index in [2.05, 4.69) is 14.8 Å². The number of hydrogen-bond donors (Lipinski definition) is 2. The quantitative estimate of drug-likeness (QED) is 0.774. The van der Waals surface area contributed by atoms with Crippen LogP contribution in [0.5, 0.6) is 5.75 Å². The summed E-state index contributed by atoms with van der Waals surface area (Å²) in [6.45, 7) is 3.33. The van der Waals surface area contributed by atoms with Crippen molar-refractivity contribution < 1.29 is 31.1 Å². The second-order valence-electron chi connectivity index (χ2n) is 5.80. The van der Waals surface area contributed by atoms with Gasteiger partial charge in [-0.1, -0.05) is 12.1 Å². The summed E-state index contributed by atoms with van der Waals surface area (Å²) in [6.07, 6.45) is -4.90. The van der Waals surface area contributed by atoms with E-state index >= 15 is 0 Å². The fourth-order valence-corrected chi connectivity index (χ4v) is 3.39. The molecule has 0 atom stereocenters. The Balaban J connectivity index is 2.18. The molecule has 0 aliphatic rings. The van der Waals surface area contributed by atoms with Crippen molar-refractivity contribution in [2.24, 2.45) is 0 Å². The molecule has 0 aromatic heterocycles. The second kappa shape index (κ2) is 7.97. The van der Waals surface area contributed by atoms with Gasteiger partial charge in [0.2, 0.25) is 10.0 Å². The molecule has 6 nitrogen and oxygen atoms in total. The largest absolute Gasteiger partial charge is 0.573 e. The molecule has 0 radical (unpaired) electrons. The fourth-order valence-electron chi connectivity index (χ4n) is 2.14. The molecule has 0 bridgehead atoms. The molecule has 2 aromatic rings. The SMILES string of the molecule is CC(C)NS(=O)(=O)c1ccc(C(=O)Nc2ccccc2OC(F)(F)F)cc1. The Morgan fingerprint density at radius 1 is 1.04 bits per heavy atom. The number of sulfonamides is 1. The van der Waals surface area contributed by atoms with E-state index in [1.54, 1.807) is 13.8 Å². The summed E-state index contributed by atoms with van der Waals surface area (Å²) < 4.78 is 67.7. The lowest BCUT2D eigenvalue weighted by molar-refractivity contribution is -0.274. The minimum absolute atomic E-state index is 0.0337. The fraction of sp³-hybridized carbons (Fsp3) is 0.235. The predicted octanol–water partition coefficient (Wildman–Crippen LogP) is 3.52. The summed E-state index contributed by atoms with van der Waals surface area (Å²) >= 11 is 0. The van der Waals surface area contributed by atoms with Crippen molar-refractivity contribution in [1.82, 2.24) is 4.72 Å². The van der Waals surface area contributed by atoms with E-state index in [1.807, 2.05) is 0 Å². The van der Waals surface area contributed by atoms with Crippen LogP contribution >= 0.6 is 0 Å². The Kier molecular flexibility index (Phi) is 6.11. The van der Waals surface area contributed by atoms with Crippen LogP contribution in [0.4, 0.5) is 18.9 Å². The number of anilines is 1. The number of carbonyl (C=O) groups is 1. The Morgan fingerprint density at radius 3 is 2.19 bits per heavy atom. The summed E-state index contributed by atoms with van der Waals surface area (Å²) in [4.78, 5) is 12.2. The summed E-state index contributed by atoms with van der Waals surface area (Å²) in [5.74, 6) is -1.27. The van der Waals surface area contributed by atoms with E-state index in [-0.39, 0.29) is 22.2 Å². The van der Waals surface area contributed by atoms with Gasteiger partial charge in [-0.15, -0.1) is 13.2 Å². The number of para-hydroxylation sites is 2. The van der Waals surface area contributed by atoms with E-state index in [4.69, 9.17) is 0 Å². The second-order valence-corrected chi connectivity index (χ2v) is 7.51. The van der Waals surface area contributed by atoms with E-state index < -0.39 is 28.0 Å². The summed E-state index contributed by atoms with van der Waals surface area (Å²) in [6, 6.07) is 9.78. The standard InChI is InChI=1S/C17H17F3N2O4S/c1-11(2)22-27(24,25)13-9-7-12(8-10-13)16(23)21-14-5-3-4-6-15(14)26-17(18,19)20/h3-11,22H,1-2H3,(H,21,23). The van der Waals surface area contributed by atoms with E-state index in [1.165, 1.54) is 42.5 Å². The third kappa shape index (κ3) is 5.97. The zero-order valence-corrected chi connectivity index (χ0v) is 15.2. The van der Waals surface area contributed by atoms with Crippen LogP contribution in [0.2, 0.25) is 0 Å². The molecule has 146 valence electrons. The molecule has 0 aliphatic heterocycles. The Morgan fingerprint density at radius 2 is 1.63 bits per heavy atom. The zero-order valence-electron chi connectivity index (χ0n) is 14.4. The molecule has 0 aliphatic carbocycles. The number of halogens is 3. The first-order valence-corrected chi connectivity index (χ1v) is 9.25. The first kappa shape index (κ1) is 20.7. The summed E-state index contributed by atoms with van der Waals surface area (Å²) in [7, 11) is -3.71. The average molecular weight is 402 g/mol. The van der Waals surface area contributed by atoms with Crippen LogP contribution in [-0.2, 0) is 10.0 Å². The van der Waals surface area contributed by atoms with Gasteiger partial charge in [0.15, 0.2) is 5.75 Å². The highest BCUT2D eigenvalue weighted by Crippen LogP contribution is 2.30. The van der Waals surface area contributed by atoms with Gasteiger partial charge in [0, 0.05) is 11.6 Å². The molecule has 0 unspecified atom stereocenters.